The highest BCUT2D eigenvalue weighted by molar-refractivity contribution is 5.93. The van der Waals surface area contributed by atoms with Crippen molar-refractivity contribution in [1.29, 1.82) is 0 Å². The lowest BCUT2D eigenvalue weighted by Gasteiger charge is -2.11. The van der Waals surface area contributed by atoms with Crippen LogP contribution in [0.5, 0.6) is 0 Å². The number of urea groups is 2. The Bertz CT molecular complexity index is 914. The van der Waals surface area contributed by atoms with Gasteiger partial charge in [0.05, 0.1) is 23.2 Å². The molecule has 2 atom stereocenters. The number of nitrogens with zero attached hydrogens (tertiary/aromatic N) is 2. The van der Waals surface area contributed by atoms with Gasteiger partial charge in [0, 0.05) is 11.4 Å². The van der Waals surface area contributed by atoms with Crippen molar-refractivity contribution in [3.05, 3.63) is 59.7 Å². The monoisotopic (exact) mass is 420 g/mol. The van der Waals surface area contributed by atoms with Gasteiger partial charge in [0.25, 0.3) is 0 Å². The van der Waals surface area contributed by atoms with E-state index in [4.69, 9.17) is 0 Å². The van der Waals surface area contributed by atoms with Crippen LogP contribution in [0.3, 0.4) is 0 Å². The summed E-state index contributed by atoms with van der Waals surface area (Å²) in [4.78, 5) is 28.4. The molecular weight excluding hydrogens is 388 g/mol. The number of nitrogens with one attached hydrogen (secondary N) is 2. The lowest BCUT2D eigenvalue weighted by Crippen LogP contribution is -2.24. The van der Waals surface area contributed by atoms with Crippen LogP contribution in [0.15, 0.2) is 48.5 Å². The van der Waals surface area contributed by atoms with Gasteiger partial charge in [-0.15, -0.1) is 0 Å². The van der Waals surface area contributed by atoms with E-state index in [0.717, 1.165) is 28.9 Å². The molecule has 6 nitrogen and oxygen atoms in total. The van der Waals surface area contributed by atoms with Crippen LogP contribution in [0.4, 0.5) is 21.0 Å². The van der Waals surface area contributed by atoms with Gasteiger partial charge >= 0.3 is 12.1 Å². The van der Waals surface area contributed by atoms with Crippen LogP contribution in [0.1, 0.15) is 52.7 Å². The van der Waals surface area contributed by atoms with Crippen molar-refractivity contribution in [3.63, 3.8) is 0 Å². The summed E-state index contributed by atoms with van der Waals surface area (Å²) in [6.07, 6.45) is 0.787. The van der Waals surface area contributed by atoms with E-state index in [-0.39, 0.29) is 35.2 Å². The van der Waals surface area contributed by atoms with Crippen LogP contribution in [0, 0.1) is 0 Å². The van der Waals surface area contributed by atoms with Crippen molar-refractivity contribution >= 4 is 23.4 Å². The number of carbonyl (C=O) groups is 2. The Balaban J connectivity index is 1.30. The largest absolute Gasteiger partial charge is 0.322 e. The van der Waals surface area contributed by atoms with Crippen molar-refractivity contribution in [3.8, 4) is 0 Å². The van der Waals surface area contributed by atoms with Crippen LogP contribution >= 0.6 is 0 Å². The number of benzene rings is 2. The van der Waals surface area contributed by atoms with E-state index in [2.05, 4.69) is 52.2 Å². The number of carbonyl (C=O) groups excluding carboxylic acids is 2. The molecule has 2 heterocycles. The molecule has 4 amide bonds. The van der Waals surface area contributed by atoms with Crippen molar-refractivity contribution in [2.75, 3.05) is 10.6 Å². The number of hydrogen-bond acceptors (Lipinski definition) is 2. The molecule has 2 aromatic carbocycles. The molecule has 2 N–H and O–H groups in total. The third-order valence-corrected chi connectivity index (χ3v) is 7.18. The van der Waals surface area contributed by atoms with Crippen LogP contribution in [-0.2, 0) is 6.42 Å². The molecule has 6 heteroatoms. The second-order valence-corrected chi connectivity index (χ2v) is 9.83. The quantitative estimate of drug-likeness (QED) is 0.659. The summed E-state index contributed by atoms with van der Waals surface area (Å²) in [5, 5.41) is 5.94. The zero-order valence-corrected chi connectivity index (χ0v) is 19.2. The fourth-order valence-corrected chi connectivity index (χ4v) is 4.26. The minimum Gasteiger partial charge on any atom is -0.312 e. The summed E-state index contributed by atoms with van der Waals surface area (Å²) < 4.78 is 0. The van der Waals surface area contributed by atoms with Gasteiger partial charge in [-0.25, -0.2) is 9.59 Å². The fourth-order valence-electron chi connectivity index (χ4n) is 4.26. The van der Waals surface area contributed by atoms with E-state index in [1.807, 2.05) is 58.3 Å². The first kappa shape index (κ1) is 21.2. The lowest BCUT2D eigenvalue weighted by molar-refractivity contribution is 0.234. The minimum absolute atomic E-state index is 0.0526. The molecular formula is C25H32N4O2. The molecule has 2 unspecified atom stereocenters. The number of rotatable bonds is 4. The van der Waals surface area contributed by atoms with E-state index in [0.29, 0.717) is 0 Å². The maximum Gasteiger partial charge on any atom is 0.322 e. The van der Waals surface area contributed by atoms with Crippen molar-refractivity contribution in [2.45, 2.75) is 71.1 Å². The van der Waals surface area contributed by atoms with Gasteiger partial charge in [-0.3, -0.25) is 0 Å². The second-order valence-electron chi connectivity index (χ2n) is 9.83. The topological polar surface area (TPSA) is 64.2 Å². The summed E-state index contributed by atoms with van der Waals surface area (Å²) in [5.41, 5.74) is 3.79. The summed E-state index contributed by atoms with van der Waals surface area (Å²) in [5.74, 6) is 0. The van der Waals surface area contributed by atoms with Gasteiger partial charge in [0.2, 0.25) is 0 Å². The molecule has 31 heavy (non-hydrogen) atoms. The smallest absolute Gasteiger partial charge is 0.312 e. The average Bonchev–Trinajstić information content (AvgIpc) is 3.43. The van der Waals surface area contributed by atoms with E-state index >= 15 is 0 Å². The Morgan fingerprint density at radius 2 is 1.00 bits per heavy atom. The maximum atomic E-state index is 12.4. The van der Waals surface area contributed by atoms with E-state index in [1.165, 1.54) is 0 Å². The SMILES string of the molecule is CC1N(C(=O)Nc2ccc(Cc3ccc(NC(=O)N4C(C)C4(C)C)cc3)cc2)C1(C)C. The molecule has 0 spiro atoms. The third kappa shape index (κ3) is 3.99. The maximum absolute atomic E-state index is 12.4. The normalized spacial score (nSPS) is 22.6. The number of anilines is 2. The molecule has 0 aromatic heterocycles. The first-order valence-electron chi connectivity index (χ1n) is 10.9. The van der Waals surface area contributed by atoms with Crippen LogP contribution in [0.2, 0.25) is 0 Å². The molecule has 164 valence electrons. The van der Waals surface area contributed by atoms with Crippen LogP contribution in [-0.4, -0.2) is 45.0 Å². The van der Waals surface area contributed by atoms with Crippen LogP contribution < -0.4 is 10.6 Å². The molecule has 0 aliphatic carbocycles. The van der Waals surface area contributed by atoms with Crippen molar-refractivity contribution in [1.82, 2.24) is 9.80 Å². The minimum atomic E-state index is -0.0693. The molecule has 0 saturated carbocycles. The van der Waals surface area contributed by atoms with E-state index < -0.39 is 0 Å². The molecule has 2 aromatic rings. The Morgan fingerprint density at radius 1 is 0.710 bits per heavy atom. The highest BCUT2D eigenvalue weighted by Gasteiger charge is 2.56. The summed E-state index contributed by atoms with van der Waals surface area (Å²) in [6, 6.07) is 16.3. The molecule has 2 saturated heterocycles. The molecule has 0 radical (unpaired) electrons. The second kappa shape index (κ2) is 7.29. The zero-order chi connectivity index (χ0) is 22.6. The van der Waals surface area contributed by atoms with Gasteiger partial charge in [-0.05, 0) is 83.4 Å². The predicted molar refractivity (Wildman–Crippen MR) is 124 cm³/mol. The first-order chi connectivity index (χ1) is 14.5. The molecule has 2 fully saturated rings. The summed E-state index contributed by atoms with van der Waals surface area (Å²) in [6.45, 7) is 12.4. The lowest BCUT2D eigenvalue weighted by atomic mass is 10.0. The van der Waals surface area contributed by atoms with Crippen molar-refractivity contribution < 1.29 is 9.59 Å². The summed E-state index contributed by atoms with van der Waals surface area (Å²) in [7, 11) is 0. The zero-order valence-electron chi connectivity index (χ0n) is 19.2. The van der Waals surface area contributed by atoms with Gasteiger partial charge in [-0.1, -0.05) is 24.3 Å². The third-order valence-electron chi connectivity index (χ3n) is 7.18. The highest BCUT2D eigenvalue weighted by atomic mass is 16.2. The Hall–Kier alpha value is -3.02. The first-order valence-corrected chi connectivity index (χ1v) is 10.9. The fraction of sp³-hybridized carbons (Fsp3) is 0.440. The van der Waals surface area contributed by atoms with E-state index in [1.54, 1.807) is 0 Å². The van der Waals surface area contributed by atoms with Gasteiger partial charge in [0.15, 0.2) is 0 Å². The molecule has 2 aliphatic heterocycles. The number of amides is 4. The molecule has 4 rings (SSSR count). The van der Waals surface area contributed by atoms with Crippen LogP contribution in [0.25, 0.3) is 0 Å². The van der Waals surface area contributed by atoms with Gasteiger partial charge in [-0.2, -0.15) is 0 Å². The molecule has 2 aliphatic rings. The summed E-state index contributed by atoms with van der Waals surface area (Å²) >= 11 is 0. The van der Waals surface area contributed by atoms with Crippen molar-refractivity contribution in [2.24, 2.45) is 0 Å². The Morgan fingerprint density at radius 3 is 1.26 bits per heavy atom. The number of hydrogen-bond donors (Lipinski definition) is 2. The van der Waals surface area contributed by atoms with Gasteiger partial charge in [0.1, 0.15) is 0 Å². The average molecular weight is 421 g/mol. The Kier molecular flexibility index (Phi) is 4.99. The Labute approximate surface area is 184 Å². The molecule has 0 bridgehead atoms. The highest BCUT2D eigenvalue weighted by Crippen LogP contribution is 2.41. The van der Waals surface area contributed by atoms with E-state index in [9.17, 15) is 9.59 Å². The van der Waals surface area contributed by atoms with Gasteiger partial charge < -0.3 is 20.4 Å². The predicted octanol–water partition coefficient (Wildman–Crippen LogP) is 5.31. The standard InChI is InChI=1S/C25H32N4O2/c1-16-24(3,4)28(16)22(30)26-20-11-7-18(8-12-20)15-19-9-13-21(14-10-19)27-23(31)29-17(2)25(29,5)6/h7-14,16-17H,15H2,1-6H3,(H,26,30)(H,27,31).